The van der Waals surface area contributed by atoms with Crippen molar-refractivity contribution in [3.8, 4) is 17.2 Å². The third-order valence-electron chi connectivity index (χ3n) is 2.39. The van der Waals surface area contributed by atoms with E-state index in [-0.39, 0.29) is 24.5 Å². The van der Waals surface area contributed by atoms with Crippen LogP contribution in [0.15, 0.2) is 12.1 Å². The van der Waals surface area contributed by atoms with Gasteiger partial charge in [-0.05, 0) is 19.1 Å². The molecule has 0 aliphatic carbocycles. The molecule has 0 unspecified atom stereocenters. The summed E-state index contributed by atoms with van der Waals surface area (Å²) in [5, 5.41) is 9.89. The molecule has 2 rings (SSSR count). The summed E-state index contributed by atoms with van der Waals surface area (Å²) >= 11 is 0. The fraction of sp³-hybridized carbons (Fsp3) is 0.333. The number of hydrogen-bond donors (Lipinski definition) is 1. The van der Waals surface area contributed by atoms with Crippen molar-refractivity contribution in [2.75, 3.05) is 19.8 Å². The van der Waals surface area contributed by atoms with Crippen LogP contribution in [0.4, 0.5) is 0 Å². The molecule has 1 aromatic carbocycles. The zero-order chi connectivity index (χ0) is 13.1. The molecule has 0 radical (unpaired) electrons. The van der Waals surface area contributed by atoms with Crippen LogP contribution in [0.5, 0.6) is 17.2 Å². The van der Waals surface area contributed by atoms with Gasteiger partial charge in [0, 0.05) is 0 Å². The minimum absolute atomic E-state index is 0.0800. The number of rotatable bonds is 3. The Morgan fingerprint density at radius 3 is 2.78 bits per heavy atom. The predicted octanol–water partition coefficient (Wildman–Crippen LogP) is 0.909. The molecule has 1 N–H and O–H groups in total. The summed E-state index contributed by atoms with van der Waals surface area (Å²) in [6.45, 7) is 2.33. The lowest BCUT2D eigenvalue weighted by atomic mass is 10.1. The van der Waals surface area contributed by atoms with Gasteiger partial charge in [-0.25, -0.2) is 4.79 Å². The van der Waals surface area contributed by atoms with Gasteiger partial charge in [-0.2, -0.15) is 0 Å². The topological polar surface area (TPSA) is 82.1 Å². The van der Waals surface area contributed by atoms with Gasteiger partial charge in [0.25, 0.3) is 5.78 Å². The third kappa shape index (κ3) is 2.09. The fourth-order valence-corrected chi connectivity index (χ4v) is 1.59. The van der Waals surface area contributed by atoms with Crippen LogP contribution in [0.1, 0.15) is 17.3 Å². The molecule has 96 valence electrons. The second kappa shape index (κ2) is 4.95. The van der Waals surface area contributed by atoms with Crippen molar-refractivity contribution in [3.63, 3.8) is 0 Å². The first-order valence-electron chi connectivity index (χ1n) is 5.48. The molecule has 0 atom stereocenters. The molecular weight excluding hydrogens is 240 g/mol. The minimum Gasteiger partial charge on any atom is -0.504 e. The number of hydrogen-bond acceptors (Lipinski definition) is 6. The lowest BCUT2D eigenvalue weighted by Crippen LogP contribution is -2.19. The number of ether oxygens (including phenoxy) is 3. The summed E-state index contributed by atoms with van der Waals surface area (Å²) in [7, 11) is 0. The van der Waals surface area contributed by atoms with Crippen molar-refractivity contribution in [2.45, 2.75) is 6.92 Å². The maximum Gasteiger partial charge on any atom is 0.379 e. The average Bonchev–Trinajstić information content (AvgIpc) is 2.39. The molecule has 1 aromatic rings. The van der Waals surface area contributed by atoms with Gasteiger partial charge in [0.05, 0.1) is 12.2 Å². The molecule has 0 bridgehead atoms. The lowest BCUT2D eigenvalue weighted by molar-refractivity contribution is -0.137. The highest BCUT2D eigenvalue weighted by molar-refractivity contribution is 6.41. The van der Waals surface area contributed by atoms with E-state index in [0.717, 1.165) is 0 Å². The van der Waals surface area contributed by atoms with Crippen LogP contribution in [-0.2, 0) is 9.53 Å². The molecule has 0 spiro atoms. The van der Waals surface area contributed by atoms with E-state index in [0.29, 0.717) is 12.4 Å². The standard InChI is InChI=1S/C12H12O6/c1-2-16-12(15)10(14)7-3-4-8-11(9(7)13)18-6-5-17-8/h3-4,13H,2,5-6H2,1H3. The van der Waals surface area contributed by atoms with Crippen molar-refractivity contribution in [2.24, 2.45) is 0 Å². The molecule has 0 fully saturated rings. The number of fused-ring (bicyclic) bond motifs is 1. The van der Waals surface area contributed by atoms with Crippen LogP contribution < -0.4 is 9.47 Å². The van der Waals surface area contributed by atoms with E-state index >= 15 is 0 Å². The number of benzene rings is 1. The first-order chi connectivity index (χ1) is 8.65. The van der Waals surface area contributed by atoms with E-state index in [1.54, 1.807) is 6.92 Å². The molecule has 1 aliphatic rings. The Bertz CT molecular complexity index is 494. The van der Waals surface area contributed by atoms with E-state index in [2.05, 4.69) is 4.74 Å². The Balaban J connectivity index is 2.35. The van der Waals surface area contributed by atoms with Crippen LogP contribution in [0.2, 0.25) is 0 Å². The van der Waals surface area contributed by atoms with Crippen LogP contribution in [0.3, 0.4) is 0 Å². The van der Waals surface area contributed by atoms with Crippen molar-refractivity contribution in [1.29, 1.82) is 0 Å². The van der Waals surface area contributed by atoms with E-state index < -0.39 is 17.5 Å². The summed E-state index contributed by atoms with van der Waals surface area (Å²) in [5.74, 6) is -1.89. The summed E-state index contributed by atoms with van der Waals surface area (Å²) in [4.78, 5) is 23.0. The first kappa shape index (κ1) is 12.2. The van der Waals surface area contributed by atoms with E-state index in [4.69, 9.17) is 9.47 Å². The van der Waals surface area contributed by atoms with Gasteiger partial charge in [-0.3, -0.25) is 4.79 Å². The second-order valence-corrected chi connectivity index (χ2v) is 3.54. The molecule has 0 saturated carbocycles. The summed E-state index contributed by atoms with van der Waals surface area (Å²) in [6.07, 6.45) is 0. The van der Waals surface area contributed by atoms with Gasteiger partial charge in [-0.15, -0.1) is 0 Å². The Hall–Kier alpha value is -2.24. The van der Waals surface area contributed by atoms with E-state index in [9.17, 15) is 14.7 Å². The molecule has 1 heterocycles. The number of phenols is 1. The Kier molecular flexibility index (Phi) is 3.36. The van der Waals surface area contributed by atoms with Crippen LogP contribution in [0, 0.1) is 0 Å². The lowest BCUT2D eigenvalue weighted by Gasteiger charge is -2.19. The van der Waals surface area contributed by atoms with Gasteiger partial charge in [-0.1, -0.05) is 0 Å². The van der Waals surface area contributed by atoms with Gasteiger partial charge in [0.1, 0.15) is 13.2 Å². The summed E-state index contributed by atoms with van der Waals surface area (Å²) < 4.78 is 15.0. The molecule has 0 saturated heterocycles. The SMILES string of the molecule is CCOC(=O)C(=O)c1ccc2c(c1O)OCCO2. The van der Waals surface area contributed by atoms with Crippen LogP contribution in [-0.4, -0.2) is 36.7 Å². The maximum absolute atomic E-state index is 11.7. The molecule has 0 amide bonds. The van der Waals surface area contributed by atoms with Gasteiger partial charge in [0.2, 0.25) is 5.75 Å². The van der Waals surface area contributed by atoms with E-state index in [1.807, 2.05) is 0 Å². The van der Waals surface area contributed by atoms with Crippen molar-refractivity contribution < 1.29 is 28.9 Å². The normalized spacial score (nSPS) is 12.9. The van der Waals surface area contributed by atoms with Gasteiger partial charge < -0.3 is 19.3 Å². The van der Waals surface area contributed by atoms with Gasteiger partial charge in [0.15, 0.2) is 11.5 Å². The van der Waals surface area contributed by atoms with Crippen LogP contribution in [0.25, 0.3) is 0 Å². The number of carbonyl (C=O) groups is 2. The zero-order valence-electron chi connectivity index (χ0n) is 9.76. The minimum atomic E-state index is -1.01. The van der Waals surface area contributed by atoms with Crippen molar-refractivity contribution >= 4 is 11.8 Å². The zero-order valence-corrected chi connectivity index (χ0v) is 9.76. The summed E-state index contributed by atoms with van der Waals surface area (Å²) in [6, 6.07) is 2.78. The van der Waals surface area contributed by atoms with Crippen LogP contribution >= 0.6 is 0 Å². The Labute approximate surface area is 103 Å². The average molecular weight is 252 g/mol. The predicted molar refractivity (Wildman–Crippen MR) is 60.1 cm³/mol. The molecular formula is C12H12O6. The number of aromatic hydroxyl groups is 1. The highest BCUT2D eigenvalue weighted by Crippen LogP contribution is 2.41. The number of Topliss-reactive ketones (excluding diaryl/α,β-unsaturated/α-hetero) is 1. The molecule has 6 nitrogen and oxygen atoms in total. The second-order valence-electron chi connectivity index (χ2n) is 3.54. The number of phenolic OH excluding ortho intramolecular Hbond substituents is 1. The van der Waals surface area contributed by atoms with Gasteiger partial charge >= 0.3 is 5.97 Å². The van der Waals surface area contributed by atoms with Crippen molar-refractivity contribution in [1.82, 2.24) is 0 Å². The largest absolute Gasteiger partial charge is 0.504 e. The maximum atomic E-state index is 11.7. The smallest absolute Gasteiger partial charge is 0.379 e. The number of carbonyl (C=O) groups excluding carboxylic acids is 2. The monoisotopic (exact) mass is 252 g/mol. The first-order valence-corrected chi connectivity index (χ1v) is 5.48. The quantitative estimate of drug-likeness (QED) is 0.489. The molecule has 0 aromatic heterocycles. The van der Waals surface area contributed by atoms with E-state index in [1.165, 1.54) is 12.1 Å². The highest BCUT2D eigenvalue weighted by atomic mass is 16.6. The molecule has 18 heavy (non-hydrogen) atoms. The Morgan fingerprint density at radius 2 is 2.06 bits per heavy atom. The highest BCUT2D eigenvalue weighted by Gasteiger charge is 2.26. The Morgan fingerprint density at radius 1 is 1.33 bits per heavy atom. The molecule has 6 heteroatoms. The number of esters is 1. The molecule has 1 aliphatic heterocycles. The summed E-state index contributed by atoms with van der Waals surface area (Å²) in [5.41, 5.74) is -0.155. The fourth-order valence-electron chi connectivity index (χ4n) is 1.59. The number of ketones is 1. The third-order valence-corrected chi connectivity index (χ3v) is 2.39. The van der Waals surface area contributed by atoms with Crippen molar-refractivity contribution in [3.05, 3.63) is 17.7 Å².